The van der Waals surface area contributed by atoms with Crippen molar-refractivity contribution in [2.45, 2.75) is 57.2 Å². The van der Waals surface area contributed by atoms with Gasteiger partial charge in [0.25, 0.3) is 0 Å². The van der Waals surface area contributed by atoms with Crippen molar-refractivity contribution in [3.05, 3.63) is 29.3 Å². The molecule has 22 heavy (non-hydrogen) atoms. The molecule has 120 valence electrons. The molecule has 0 spiro atoms. The Bertz CT molecular complexity index is 550. The van der Waals surface area contributed by atoms with Crippen LogP contribution in [-0.4, -0.2) is 17.3 Å². The minimum Gasteiger partial charge on any atom is -0.312 e. The van der Waals surface area contributed by atoms with Gasteiger partial charge in [-0.1, -0.05) is 41.9 Å². The molecule has 1 unspecified atom stereocenters. The molecule has 1 amide bonds. The fraction of sp³-hybridized carbons (Fsp3) is 0.632. The number of anilines is 1. The Kier molecular flexibility index (Phi) is 4.91. The van der Waals surface area contributed by atoms with E-state index < -0.39 is 0 Å². The molecule has 0 saturated heterocycles. The zero-order valence-corrected chi connectivity index (χ0v) is 15.2. The van der Waals surface area contributed by atoms with Gasteiger partial charge in [0.1, 0.15) is 0 Å². The number of nitrogens with zero attached hydrogens (tertiary/aromatic N) is 1. The van der Waals surface area contributed by atoms with E-state index in [1.165, 1.54) is 23.2 Å². The van der Waals surface area contributed by atoms with Crippen molar-refractivity contribution in [1.29, 1.82) is 0 Å². The first-order chi connectivity index (χ1) is 10.5. The van der Waals surface area contributed by atoms with Gasteiger partial charge in [-0.3, -0.25) is 4.79 Å². The van der Waals surface area contributed by atoms with Crippen molar-refractivity contribution in [3.8, 4) is 0 Å². The van der Waals surface area contributed by atoms with E-state index in [2.05, 4.69) is 48.0 Å². The average Bonchev–Trinajstić information content (AvgIpc) is 3.29. The molecule has 1 heterocycles. The van der Waals surface area contributed by atoms with Gasteiger partial charge in [-0.25, -0.2) is 0 Å². The lowest BCUT2D eigenvalue weighted by Crippen LogP contribution is -2.36. The Labute approximate surface area is 142 Å². The highest BCUT2D eigenvalue weighted by Crippen LogP contribution is 2.36. The van der Waals surface area contributed by atoms with E-state index in [9.17, 15) is 4.79 Å². The Hall–Kier alpha value is -0.830. The summed E-state index contributed by atoms with van der Waals surface area (Å²) in [6, 6.07) is 6.72. The maximum absolute atomic E-state index is 12.4. The number of carbonyl (C=O) groups excluding carboxylic acids is 1. The molecule has 1 aromatic rings. The maximum Gasteiger partial charge on any atom is 0.230 e. The van der Waals surface area contributed by atoms with Gasteiger partial charge in [-0.2, -0.15) is 0 Å². The topological polar surface area (TPSA) is 20.3 Å². The van der Waals surface area contributed by atoms with Crippen LogP contribution in [0.1, 0.15) is 50.7 Å². The van der Waals surface area contributed by atoms with Crippen LogP contribution in [0.25, 0.3) is 0 Å². The lowest BCUT2D eigenvalue weighted by Gasteiger charge is -2.30. The third-order valence-corrected chi connectivity index (χ3v) is 5.34. The molecule has 1 saturated carbocycles. The van der Waals surface area contributed by atoms with E-state index in [1.54, 1.807) is 0 Å². The van der Waals surface area contributed by atoms with Crippen molar-refractivity contribution in [2.75, 3.05) is 11.4 Å². The molecule has 0 N–H and O–H groups in total. The van der Waals surface area contributed by atoms with Crippen LogP contribution < -0.4 is 4.90 Å². The summed E-state index contributed by atoms with van der Waals surface area (Å²) >= 11 is 3.81. The normalized spacial score (nSPS) is 19.2. The van der Waals surface area contributed by atoms with Crippen LogP contribution in [0.3, 0.4) is 0 Å². The Morgan fingerprint density at radius 2 is 2.14 bits per heavy atom. The second-order valence-electron chi connectivity index (χ2n) is 7.26. The lowest BCUT2D eigenvalue weighted by atomic mass is 9.96. The zero-order valence-electron chi connectivity index (χ0n) is 13.6. The molecule has 2 nitrogen and oxygen atoms in total. The van der Waals surface area contributed by atoms with E-state index in [-0.39, 0.29) is 0 Å². The van der Waals surface area contributed by atoms with Crippen LogP contribution in [0.5, 0.6) is 0 Å². The molecule has 2 aliphatic rings. The minimum absolute atomic E-state index is 0.309. The van der Waals surface area contributed by atoms with Gasteiger partial charge in [0.05, 0.1) is 0 Å². The average molecular weight is 364 g/mol. The van der Waals surface area contributed by atoms with Gasteiger partial charge in [0.2, 0.25) is 5.91 Å². The van der Waals surface area contributed by atoms with Crippen LogP contribution in [0.4, 0.5) is 5.69 Å². The van der Waals surface area contributed by atoms with Crippen molar-refractivity contribution in [2.24, 2.45) is 11.8 Å². The lowest BCUT2D eigenvalue weighted by molar-refractivity contribution is -0.119. The fourth-order valence-corrected chi connectivity index (χ4v) is 4.53. The standard InChI is InChI=1S/C19H26BrNO/c1-13(2)10-17(20)12-14-5-8-18-16(11-14)4-3-9-21(18)19(22)15-6-7-15/h5,8,11,13,15,17H,3-4,6-7,9-10,12H2,1-2H3. The third-order valence-electron chi connectivity index (χ3n) is 4.64. The van der Waals surface area contributed by atoms with Crippen molar-refractivity contribution < 1.29 is 4.79 Å². The van der Waals surface area contributed by atoms with Crippen LogP contribution in [0.2, 0.25) is 0 Å². The van der Waals surface area contributed by atoms with E-state index in [0.29, 0.717) is 22.6 Å². The summed E-state index contributed by atoms with van der Waals surface area (Å²) in [6.07, 6.45) is 6.64. The predicted octanol–water partition coefficient (Wildman–Crippen LogP) is 4.73. The number of hydrogen-bond acceptors (Lipinski definition) is 1. The number of hydrogen-bond donors (Lipinski definition) is 0. The van der Waals surface area contributed by atoms with Gasteiger partial charge < -0.3 is 4.90 Å². The predicted molar refractivity (Wildman–Crippen MR) is 95.7 cm³/mol. The fourth-order valence-electron chi connectivity index (χ4n) is 3.41. The summed E-state index contributed by atoms with van der Waals surface area (Å²) in [4.78, 5) is 15.0. The van der Waals surface area contributed by atoms with Crippen LogP contribution in [-0.2, 0) is 17.6 Å². The van der Waals surface area contributed by atoms with Gasteiger partial charge >= 0.3 is 0 Å². The molecule has 1 aromatic carbocycles. The summed E-state index contributed by atoms with van der Waals surface area (Å²) in [7, 11) is 0. The van der Waals surface area contributed by atoms with Gasteiger partial charge in [0.15, 0.2) is 0 Å². The number of amides is 1. The second kappa shape index (κ2) is 6.74. The van der Waals surface area contributed by atoms with E-state index in [4.69, 9.17) is 0 Å². The SMILES string of the molecule is CC(C)CC(Br)Cc1ccc2c(c1)CCCN2C(=O)C1CC1. The van der Waals surface area contributed by atoms with Crippen molar-refractivity contribution >= 4 is 27.5 Å². The smallest absolute Gasteiger partial charge is 0.230 e. The number of alkyl halides is 1. The summed E-state index contributed by atoms with van der Waals surface area (Å²) in [5.41, 5.74) is 3.92. The zero-order chi connectivity index (χ0) is 15.7. The first kappa shape index (κ1) is 16.0. The van der Waals surface area contributed by atoms with Crippen LogP contribution in [0, 0.1) is 11.8 Å². The Balaban J connectivity index is 1.74. The number of aryl methyl sites for hydroxylation is 1. The first-order valence-corrected chi connectivity index (χ1v) is 9.53. The van der Waals surface area contributed by atoms with Crippen molar-refractivity contribution in [3.63, 3.8) is 0 Å². The molecule has 0 aromatic heterocycles. The highest BCUT2D eigenvalue weighted by atomic mass is 79.9. The molecule has 0 radical (unpaired) electrons. The highest BCUT2D eigenvalue weighted by Gasteiger charge is 2.35. The second-order valence-corrected chi connectivity index (χ2v) is 8.56. The molecule has 1 atom stereocenters. The monoisotopic (exact) mass is 363 g/mol. The summed E-state index contributed by atoms with van der Waals surface area (Å²) in [5.74, 6) is 1.38. The van der Waals surface area contributed by atoms with Crippen LogP contribution in [0.15, 0.2) is 18.2 Å². The number of rotatable bonds is 5. The molecular formula is C19H26BrNO. The molecule has 1 aliphatic heterocycles. The van der Waals surface area contributed by atoms with E-state index >= 15 is 0 Å². The number of benzene rings is 1. The quantitative estimate of drug-likeness (QED) is 0.692. The molecule has 3 rings (SSSR count). The minimum atomic E-state index is 0.309. The largest absolute Gasteiger partial charge is 0.312 e. The Morgan fingerprint density at radius 3 is 2.82 bits per heavy atom. The summed E-state index contributed by atoms with van der Waals surface area (Å²) in [5, 5.41) is 0. The number of carbonyl (C=O) groups is 1. The molecule has 0 bridgehead atoms. The third kappa shape index (κ3) is 3.73. The number of fused-ring (bicyclic) bond motifs is 1. The number of halogens is 1. The molecule has 1 fully saturated rings. The van der Waals surface area contributed by atoms with Crippen molar-refractivity contribution in [1.82, 2.24) is 0 Å². The summed E-state index contributed by atoms with van der Waals surface area (Å²) in [6.45, 7) is 5.43. The van der Waals surface area contributed by atoms with Gasteiger partial charge in [-0.15, -0.1) is 0 Å². The van der Waals surface area contributed by atoms with Gasteiger partial charge in [0, 0.05) is 23.0 Å². The van der Waals surface area contributed by atoms with Crippen LogP contribution >= 0.6 is 15.9 Å². The first-order valence-electron chi connectivity index (χ1n) is 8.62. The Morgan fingerprint density at radius 1 is 1.36 bits per heavy atom. The van der Waals surface area contributed by atoms with Gasteiger partial charge in [-0.05, 0) is 61.6 Å². The molecule has 3 heteroatoms. The molecule has 1 aliphatic carbocycles. The van der Waals surface area contributed by atoms with E-state index in [1.807, 2.05) is 4.90 Å². The maximum atomic E-state index is 12.4. The van der Waals surface area contributed by atoms with E-state index in [0.717, 1.165) is 38.6 Å². The summed E-state index contributed by atoms with van der Waals surface area (Å²) < 4.78 is 0. The highest BCUT2D eigenvalue weighted by molar-refractivity contribution is 9.09. The molecular weight excluding hydrogens is 338 g/mol.